The van der Waals surface area contributed by atoms with Gasteiger partial charge in [0.15, 0.2) is 0 Å². The zero-order chi connectivity index (χ0) is 25.0. The van der Waals surface area contributed by atoms with Crippen LogP contribution in [0.25, 0.3) is 0 Å². The molecule has 3 unspecified atom stereocenters. The summed E-state index contributed by atoms with van der Waals surface area (Å²) in [6.45, 7) is 5.70. The summed E-state index contributed by atoms with van der Waals surface area (Å²) in [4.78, 5) is 39.8. The van der Waals surface area contributed by atoms with Crippen LogP contribution in [0.5, 0.6) is 0 Å². The van der Waals surface area contributed by atoms with E-state index in [9.17, 15) is 19.5 Å². The van der Waals surface area contributed by atoms with Crippen molar-refractivity contribution in [2.24, 2.45) is 29.6 Å². The number of carbonyl (C=O) groups is 3. The fourth-order valence-corrected chi connectivity index (χ4v) is 6.79. The number of carbonyl (C=O) groups excluding carboxylic acids is 3. The monoisotopic (exact) mass is 481 g/mol. The molecule has 35 heavy (non-hydrogen) atoms. The van der Waals surface area contributed by atoms with Crippen molar-refractivity contribution in [3.05, 3.63) is 48.0 Å². The maximum Gasteiger partial charge on any atom is 0.306 e. The van der Waals surface area contributed by atoms with Gasteiger partial charge >= 0.3 is 5.97 Å². The van der Waals surface area contributed by atoms with Gasteiger partial charge in [0.2, 0.25) is 5.60 Å². The van der Waals surface area contributed by atoms with Crippen LogP contribution in [0.1, 0.15) is 45.6 Å². The molecule has 1 saturated carbocycles. The van der Waals surface area contributed by atoms with E-state index in [1.54, 1.807) is 6.92 Å². The maximum absolute atomic E-state index is 13.8. The van der Waals surface area contributed by atoms with Gasteiger partial charge in [-0.1, -0.05) is 56.3 Å². The highest BCUT2D eigenvalue weighted by atomic mass is 16.6. The Hall–Kier alpha value is -2.51. The summed E-state index contributed by atoms with van der Waals surface area (Å²) in [6, 6.07) is 9.81. The average Bonchev–Trinajstić information content (AvgIpc) is 3.46. The third-order valence-electron chi connectivity index (χ3n) is 8.99. The highest BCUT2D eigenvalue weighted by molar-refractivity contribution is 5.92. The second kappa shape index (κ2) is 8.86. The van der Waals surface area contributed by atoms with E-state index in [-0.39, 0.29) is 54.6 Å². The molecule has 0 radical (unpaired) electrons. The molecule has 7 nitrogen and oxygen atoms in total. The predicted octanol–water partition coefficient (Wildman–Crippen LogP) is 2.60. The molecule has 1 amide bonds. The van der Waals surface area contributed by atoms with E-state index in [2.05, 4.69) is 19.2 Å². The largest absolute Gasteiger partial charge is 0.448 e. The fraction of sp³-hybridized carbons (Fsp3) is 0.607. The Kier molecular flexibility index (Phi) is 6.12. The second-order valence-corrected chi connectivity index (χ2v) is 11.0. The smallest absolute Gasteiger partial charge is 0.306 e. The number of ketones is 1. The molecule has 4 aliphatic rings. The van der Waals surface area contributed by atoms with Gasteiger partial charge in [-0.2, -0.15) is 0 Å². The fourth-order valence-electron chi connectivity index (χ4n) is 6.79. The van der Waals surface area contributed by atoms with Gasteiger partial charge in [0.05, 0.1) is 24.2 Å². The Bertz CT molecular complexity index is 1040. The highest BCUT2D eigenvalue weighted by Gasteiger charge is 2.78. The van der Waals surface area contributed by atoms with Crippen molar-refractivity contribution in [3.8, 4) is 0 Å². The molecule has 2 N–H and O–H groups in total. The number of esters is 1. The third-order valence-corrected chi connectivity index (χ3v) is 8.99. The van der Waals surface area contributed by atoms with Crippen LogP contribution < -0.4 is 5.32 Å². The summed E-state index contributed by atoms with van der Waals surface area (Å²) in [5.41, 5.74) is -0.682. The predicted molar refractivity (Wildman–Crippen MR) is 128 cm³/mol. The van der Waals surface area contributed by atoms with Crippen molar-refractivity contribution >= 4 is 17.7 Å². The van der Waals surface area contributed by atoms with Gasteiger partial charge < -0.3 is 19.9 Å². The third kappa shape index (κ3) is 3.84. The minimum Gasteiger partial charge on any atom is -0.448 e. The van der Waals surface area contributed by atoms with Crippen molar-refractivity contribution in [1.29, 1.82) is 0 Å². The molecule has 3 aliphatic heterocycles. The van der Waals surface area contributed by atoms with Crippen LogP contribution in [0.4, 0.5) is 0 Å². The van der Waals surface area contributed by atoms with Crippen molar-refractivity contribution in [1.82, 2.24) is 5.32 Å². The molecule has 5 rings (SSSR count). The number of hydrogen-bond donors (Lipinski definition) is 2. The van der Waals surface area contributed by atoms with Gasteiger partial charge in [0.1, 0.15) is 5.78 Å². The summed E-state index contributed by atoms with van der Waals surface area (Å²) >= 11 is 0. The Balaban J connectivity index is 1.56. The number of ether oxygens (including phenoxy) is 2. The van der Waals surface area contributed by atoms with E-state index in [0.29, 0.717) is 19.3 Å². The Labute approximate surface area is 206 Å². The molecular weight excluding hydrogens is 446 g/mol. The van der Waals surface area contributed by atoms with E-state index < -0.39 is 29.0 Å². The van der Waals surface area contributed by atoms with Crippen molar-refractivity contribution in [3.63, 3.8) is 0 Å². The Morgan fingerprint density at radius 2 is 1.89 bits per heavy atom. The summed E-state index contributed by atoms with van der Waals surface area (Å²) < 4.78 is 12.5. The van der Waals surface area contributed by atoms with E-state index >= 15 is 0 Å². The average molecular weight is 482 g/mol. The zero-order valence-corrected chi connectivity index (χ0v) is 20.6. The molecule has 1 aromatic rings. The number of benzene rings is 1. The van der Waals surface area contributed by atoms with Gasteiger partial charge in [0, 0.05) is 30.2 Å². The molecule has 1 spiro atoms. The quantitative estimate of drug-likeness (QED) is 0.391. The molecule has 3 heterocycles. The first-order valence-electron chi connectivity index (χ1n) is 12.8. The molecule has 188 valence electrons. The van der Waals surface area contributed by atoms with Gasteiger partial charge in [-0.25, -0.2) is 0 Å². The molecule has 3 fully saturated rings. The molecular formula is C28H35NO6. The first kappa shape index (κ1) is 24.2. The van der Waals surface area contributed by atoms with Gasteiger partial charge in [-0.15, -0.1) is 0 Å². The van der Waals surface area contributed by atoms with E-state index in [1.165, 1.54) is 0 Å². The number of aliphatic hydroxyl groups excluding tert-OH is 1. The zero-order valence-electron chi connectivity index (χ0n) is 20.6. The lowest BCUT2D eigenvalue weighted by atomic mass is 9.59. The maximum atomic E-state index is 13.8. The summed E-state index contributed by atoms with van der Waals surface area (Å²) in [6.07, 6.45) is 4.88. The molecule has 2 saturated heterocycles. The molecule has 9 atom stereocenters. The van der Waals surface area contributed by atoms with Gasteiger partial charge in [0.25, 0.3) is 5.91 Å². The number of Topliss-reactive ketones (excluding diaryl/α,β-unsaturated/α-hetero) is 1. The first-order chi connectivity index (χ1) is 16.7. The SMILES string of the molecule is CC1CCC(=O)O[C@@]23C(=O)N[C@@H](Cc4ccccc4)[C@@H]2[C@H](C)[C@@]2(C)OC2[C@@H]3/C=C/CC(CO)C1=O. The minimum absolute atomic E-state index is 0.0174. The minimum atomic E-state index is -1.37. The van der Waals surface area contributed by atoms with Crippen LogP contribution in [0.15, 0.2) is 42.5 Å². The van der Waals surface area contributed by atoms with Crippen LogP contribution in [0, 0.1) is 29.6 Å². The Morgan fingerprint density at radius 1 is 1.14 bits per heavy atom. The number of nitrogens with one attached hydrogen (secondary N) is 1. The van der Waals surface area contributed by atoms with Crippen LogP contribution in [-0.4, -0.2) is 52.7 Å². The van der Waals surface area contributed by atoms with E-state index in [0.717, 1.165) is 5.56 Å². The first-order valence-corrected chi connectivity index (χ1v) is 12.8. The summed E-state index contributed by atoms with van der Waals surface area (Å²) in [5, 5.41) is 13.0. The highest BCUT2D eigenvalue weighted by Crippen LogP contribution is 2.63. The normalized spacial score (nSPS) is 44.0. The number of amides is 1. The van der Waals surface area contributed by atoms with E-state index in [1.807, 2.05) is 42.5 Å². The lowest BCUT2D eigenvalue weighted by Crippen LogP contribution is -2.61. The van der Waals surface area contributed by atoms with Crippen LogP contribution in [0.2, 0.25) is 0 Å². The standard InChI is InChI=1S/C28H35NO6/c1-16-12-13-22(31)34-28-20(11-7-10-19(15-30)24(16)32)25-27(3,35-25)17(2)23(28)21(29-26(28)33)14-18-8-5-4-6-9-18/h4-9,11,16-17,19-21,23,25,30H,10,12-15H2,1-3H3,(H,29,33)/b11-7+/t16?,17-,19?,20-,21-,23-,25?,27+,28+/m0/s1. The van der Waals surface area contributed by atoms with Crippen LogP contribution >= 0.6 is 0 Å². The lowest BCUT2D eigenvalue weighted by Gasteiger charge is -2.46. The number of fused-ring (bicyclic) bond motifs is 2. The van der Waals surface area contributed by atoms with Crippen LogP contribution in [-0.2, 0) is 30.3 Å². The number of aliphatic hydroxyl groups is 1. The second-order valence-electron chi connectivity index (χ2n) is 11.0. The molecule has 1 aromatic carbocycles. The molecule has 0 aromatic heterocycles. The number of epoxide rings is 1. The number of hydrogen-bond acceptors (Lipinski definition) is 6. The molecule has 0 bridgehead atoms. The van der Waals surface area contributed by atoms with Crippen molar-refractivity contribution in [2.45, 2.75) is 69.8 Å². The van der Waals surface area contributed by atoms with Crippen molar-refractivity contribution in [2.75, 3.05) is 6.61 Å². The van der Waals surface area contributed by atoms with Gasteiger partial charge in [-0.3, -0.25) is 14.4 Å². The molecule has 1 aliphatic carbocycles. The molecule has 7 heteroatoms. The number of allylic oxidation sites excluding steroid dienone is 1. The number of rotatable bonds is 3. The summed E-state index contributed by atoms with van der Waals surface area (Å²) in [5.74, 6) is -2.45. The topological polar surface area (TPSA) is 105 Å². The van der Waals surface area contributed by atoms with Gasteiger partial charge in [-0.05, 0) is 37.7 Å². The Morgan fingerprint density at radius 3 is 2.60 bits per heavy atom. The lowest BCUT2D eigenvalue weighted by molar-refractivity contribution is -0.182. The van der Waals surface area contributed by atoms with Crippen LogP contribution in [0.3, 0.4) is 0 Å². The summed E-state index contributed by atoms with van der Waals surface area (Å²) in [7, 11) is 0. The van der Waals surface area contributed by atoms with Crippen molar-refractivity contribution < 1.29 is 29.0 Å². The van der Waals surface area contributed by atoms with E-state index in [4.69, 9.17) is 9.47 Å².